The van der Waals surface area contributed by atoms with Crippen LogP contribution < -0.4 is 5.32 Å². The van der Waals surface area contributed by atoms with Crippen LogP contribution in [0.4, 0.5) is 0 Å². The smallest absolute Gasteiger partial charge is 0.272 e. The molecule has 96 valence electrons. The van der Waals surface area contributed by atoms with E-state index in [4.69, 9.17) is 0 Å². The topological polar surface area (TPSA) is 58.1 Å². The minimum absolute atomic E-state index is 0.0349. The standard InChI is InChI=1S/C13H18N4O/c1-9-8-17(7-6-14-9)13(18)11-4-5-15-12(16-11)10-2-3-10/h4-5,9-10,14H,2-3,6-8H2,1H3/t9-/m0/s1. The number of carbonyl (C=O) groups excluding carboxylic acids is 1. The van der Waals surface area contributed by atoms with Crippen molar-refractivity contribution >= 4 is 5.91 Å². The highest BCUT2D eigenvalue weighted by molar-refractivity contribution is 5.92. The Morgan fingerprint density at radius 2 is 2.33 bits per heavy atom. The summed E-state index contributed by atoms with van der Waals surface area (Å²) in [5.74, 6) is 1.36. The first-order valence-electron chi connectivity index (χ1n) is 6.59. The summed E-state index contributed by atoms with van der Waals surface area (Å²) in [6.07, 6.45) is 4.02. The number of hydrogen-bond acceptors (Lipinski definition) is 4. The maximum absolute atomic E-state index is 12.3. The molecule has 1 amide bonds. The van der Waals surface area contributed by atoms with Crippen molar-refractivity contribution < 1.29 is 4.79 Å². The summed E-state index contributed by atoms with van der Waals surface area (Å²) < 4.78 is 0. The van der Waals surface area contributed by atoms with E-state index >= 15 is 0 Å². The molecule has 1 aromatic heterocycles. The summed E-state index contributed by atoms with van der Waals surface area (Å²) in [7, 11) is 0. The van der Waals surface area contributed by atoms with Crippen molar-refractivity contribution in [2.75, 3.05) is 19.6 Å². The monoisotopic (exact) mass is 246 g/mol. The molecule has 2 aliphatic rings. The third kappa shape index (κ3) is 2.36. The number of aromatic nitrogens is 2. The van der Waals surface area contributed by atoms with E-state index in [2.05, 4.69) is 22.2 Å². The molecular formula is C13H18N4O. The number of hydrogen-bond donors (Lipinski definition) is 1. The van der Waals surface area contributed by atoms with Gasteiger partial charge in [-0.1, -0.05) is 0 Å². The highest BCUT2D eigenvalue weighted by Gasteiger charge is 2.28. The van der Waals surface area contributed by atoms with Crippen LogP contribution in [0.15, 0.2) is 12.3 Å². The van der Waals surface area contributed by atoms with Crippen LogP contribution >= 0.6 is 0 Å². The number of nitrogens with one attached hydrogen (secondary N) is 1. The van der Waals surface area contributed by atoms with E-state index in [1.54, 1.807) is 12.3 Å². The quantitative estimate of drug-likeness (QED) is 0.838. The molecule has 2 heterocycles. The zero-order valence-corrected chi connectivity index (χ0v) is 10.6. The Bertz CT molecular complexity index is 458. The van der Waals surface area contributed by atoms with Gasteiger partial charge in [-0.15, -0.1) is 0 Å². The van der Waals surface area contributed by atoms with Gasteiger partial charge in [0.2, 0.25) is 0 Å². The third-order valence-electron chi connectivity index (χ3n) is 3.49. The van der Waals surface area contributed by atoms with Crippen molar-refractivity contribution in [3.8, 4) is 0 Å². The molecule has 1 aromatic rings. The fourth-order valence-electron chi connectivity index (χ4n) is 2.31. The van der Waals surface area contributed by atoms with E-state index in [1.807, 2.05) is 4.90 Å². The fraction of sp³-hybridized carbons (Fsp3) is 0.615. The molecule has 1 saturated heterocycles. The normalized spacial score (nSPS) is 24.1. The molecule has 1 aliphatic carbocycles. The predicted octanol–water partition coefficient (Wildman–Crippen LogP) is 0.788. The molecule has 0 aromatic carbocycles. The van der Waals surface area contributed by atoms with Crippen LogP contribution in [0.25, 0.3) is 0 Å². The van der Waals surface area contributed by atoms with Gasteiger partial charge < -0.3 is 10.2 Å². The Balaban J connectivity index is 1.76. The largest absolute Gasteiger partial charge is 0.334 e. The number of rotatable bonds is 2. The lowest BCUT2D eigenvalue weighted by molar-refractivity contribution is 0.0702. The van der Waals surface area contributed by atoms with Crippen molar-refractivity contribution in [2.45, 2.75) is 31.7 Å². The van der Waals surface area contributed by atoms with Crippen molar-refractivity contribution in [1.29, 1.82) is 0 Å². The summed E-state index contributed by atoms with van der Waals surface area (Å²) in [6, 6.07) is 2.08. The van der Waals surface area contributed by atoms with Gasteiger partial charge in [-0.05, 0) is 25.8 Å². The molecule has 1 N–H and O–H groups in total. The molecule has 1 atom stereocenters. The number of amides is 1. The maximum atomic E-state index is 12.3. The van der Waals surface area contributed by atoms with Crippen LogP contribution in [0.1, 0.15) is 42.0 Å². The molecule has 18 heavy (non-hydrogen) atoms. The molecule has 0 unspecified atom stereocenters. The number of piperazine rings is 1. The molecular weight excluding hydrogens is 228 g/mol. The zero-order chi connectivity index (χ0) is 12.5. The molecule has 1 saturated carbocycles. The Labute approximate surface area is 107 Å². The molecule has 3 rings (SSSR count). The van der Waals surface area contributed by atoms with Crippen molar-refractivity contribution in [1.82, 2.24) is 20.2 Å². The summed E-state index contributed by atoms with van der Waals surface area (Å²) in [4.78, 5) is 22.9. The molecule has 2 fully saturated rings. The molecule has 0 bridgehead atoms. The van der Waals surface area contributed by atoms with Gasteiger partial charge in [-0.2, -0.15) is 0 Å². The lowest BCUT2D eigenvalue weighted by Crippen LogP contribution is -2.51. The Morgan fingerprint density at radius 3 is 3.06 bits per heavy atom. The molecule has 1 aliphatic heterocycles. The Hall–Kier alpha value is -1.49. The highest BCUT2D eigenvalue weighted by Crippen LogP contribution is 2.37. The van der Waals surface area contributed by atoms with E-state index in [1.165, 1.54) is 0 Å². The van der Waals surface area contributed by atoms with Crippen LogP contribution in [-0.4, -0.2) is 46.5 Å². The number of nitrogens with zero attached hydrogens (tertiary/aromatic N) is 3. The second kappa shape index (κ2) is 4.65. The minimum Gasteiger partial charge on any atom is -0.334 e. The van der Waals surface area contributed by atoms with E-state index in [-0.39, 0.29) is 5.91 Å². The van der Waals surface area contributed by atoms with Gasteiger partial charge in [-0.3, -0.25) is 4.79 Å². The molecule has 0 spiro atoms. The van der Waals surface area contributed by atoms with Crippen LogP contribution in [0.5, 0.6) is 0 Å². The van der Waals surface area contributed by atoms with Gasteiger partial charge >= 0.3 is 0 Å². The van der Waals surface area contributed by atoms with Gasteiger partial charge in [-0.25, -0.2) is 9.97 Å². The SMILES string of the molecule is C[C@H]1CN(C(=O)c2ccnc(C3CC3)n2)CCN1. The Morgan fingerprint density at radius 1 is 1.50 bits per heavy atom. The first-order valence-corrected chi connectivity index (χ1v) is 6.59. The second-order valence-corrected chi connectivity index (χ2v) is 5.18. The van der Waals surface area contributed by atoms with Crippen molar-refractivity contribution in [3.63, 3.8) is 0 Å². The first-order chi connectivity index (χ1) is 8.74. The zero-order valence-electron chi connectivity index (χ0n) is 10.6. The molecule has 5 heteroatoms. The lowest BCUT2D eigenvalue weighted by Gasteiger charge is -2.31. The predicted molar refractivity (Wildman–Crippen MR) is 67.4 cm³/mol. The number of carbonyl (C=O) groups is 1. The van der Waals surface area contributed by atoms with E-state index < -0.39 is 0 Å². The van der Waals surface area contributed by atoms with E-state index in [9.17, 15) is 4.79 Å². The molecule has 0 radical (unpaired) electrons. The second-order valence-electron chi connectivity index (χ2n) is 5.18. The van der Waals surface area contributed by atoms with E-state index in [0.29, 0.717) is 17.7 Å². The van der Waals surface area contributed by atoms with Crippen LogP contribution in [-0.2, 0) is 0 Å². The van der Waals surface area contributed by atoms with Crippen molar-refractivity contribution in [2.24, 2.45) is 0 Å². The average molecular weight is 246 g/mol. The summed E-state index contributed by atoms with van der Waals surface area (Å²) in [5.41, 5.74) is 0.543. The van der Waals surface area contributed by atoms with Gasteiger partial charge in [0.15, 0.2) is 0 Å². The lowest BCUT2D eigenvalue weighted by atomic mass is 10.2. The minimum atomic E-state index is 0.0349. The van der Waals surface area contributed by atoms with Gasteiger partial charge in [0, 0.05) is 37.8 Å². The van der Waals surface area contributed by atoms with Crippen LogP contribution in [0.2, 0.25) is 0 Å². The van der Waals surface area contributed by atoms with Gasteiger partial charge in [0.05, 0.1) is 0 Å². The Kier molecular flexibility index (Phi) is 2.99. The fourth-order valence-corrected chi connectivity index (χ4v) is 2.31. The van der Waals surface area contributed by atoms with E-state index in [0.717, 1.165) is 38.3 Å². The molecule has 5 nitrogen and oxygen atoms in total. The van der Waals surface area contributed by atoms with Crippen LogP contribution in [0, 0.1) is 0 Å². The third-order valence-corrected chi connectivity index (χ3v) is 3.49. The van der Waals surface area contributed by atoms with Gasteiger partial charge in [0.25, 0.3) is 5.91 Å². The summed E-state index contributed by atoms with van der Waals surface area (Å²) in [6.45, 7) is 4.45. The first kappa shape index (κ1) is 11.6. The van der Waals surface area contributed by atoms with Crippen molar-refractivity contribution in [3.05, 3.63) is 23.8 Å². The van der Waals surface area contributed by atoms with Crippen LogP contribution in [0.3, 0.4) is 0 Å². The maximum Gasteiger partial charge on any atom is 0.272 e. The average Bonchev–Trinajstić information content (AvgIpc) is 3.22. The van der Waals surface area contributed by atoms with Gasteiger partial charge in [0.1, 0.15) is 11.5 Å². The summed E-state index contributed by atoms with van der Waals surface area (Å²) >= 11 is 0. The highest BCUT2D eigenvalue weighted by atomic mass is 16.2. The summed E-state index contributed by atoms with van der Waals surface area (Å²) in [5, 5.41) is 3.33.